The molecule has 4 atom stereocenters. The summed E-state index contributed by atoms with van der Waals surface area (Å²) in [7, 11) is 1.70. The molecule has 4 N–H and O–H groups in total. The van der Waals surface area contributed by atoms with Crippen LogP contribution in [0.1, 0.15) is 47.9 Å². The number of nitrogens with two attached hydrogens (primary N) is 1. The first-order valence-corrected chi connectivity index (χ1v) is 13.8. The first-order valence-electron chi connectivity index (χ1n) is 13.8. The average Bonchev–Trinajstić information content (AvgIpc) is 3.81. The maximum Gasteiger partial charge on any atom is 0.234 e. The number of hydrogen-bond acceptors (Lipinski definition) is 4. The summed E-state index contributed by atoms with van der Waals surface area (Å²) >= 11 is 0. The van der Waals surface area contributed by atoms with Crippen LogP contribution in [-0.2, 0) is 28.9 Å². The highest BCUT2D eigenvalue weighted by atomic mass is 16.5. The van der Waals surface area contributed by atoms with E-state index in [0.717, 1.165) is 37.0 Å². The third-order valence-electron chi connectivity index (χ3n) is 9.63. The van der Waals surface area contributed by atoms with E-state index >= 15 is 0 Å². The molecule has 4 unspecified atom stereocenters. The Morgan fingerprint density at radius 2 is 1.85 bits per heavy atom. The Kier molecular flexibility index (Phi) is 6.29. The van der Waals surface area contributed by atoms with Crippen molar-refractivity contribution in [1.82, 2.24) is 0 Å². The number of ether oxygens (including phenoxy) is 1. The summed E-state index contributed by atoms with van der Waals surface area (Å²) in [6.45, 7) is 0. The minimum atomic E-state index is -0.707. The largest absolute Gasteiger partial charge is 0.497 e. The number of aryl methyl sites for hydroxylation is 2. The summed E-state index contributed by atoms with van der Waals surface area (Å²) in [5.74, 6) is 0.545. The summed E-state index contributed by atoms with van der Waals surface area (Å²) < 4.78 is 5.47. The molecule has 0 bridgehead atoms. The van der Waals surface area contributed by atoms with Crippen molar-refractivity contribution < 1.29 is 14.3 Å². The van der Waals surface area contributed by atoms with Gasteiger partial charge in [-0.1, -0.05) is 36.4 Å². The lowest BCUT2D eigenvalue weighted by molar-refractivity contribution is -0.132. The average molecular weight is 522 g/mol. The van der Waals surface area contributed by atoms with E-state index in [1.165, 1.54) is 11.1 Å². The van der Waals surface area contributed by atoms with Crippen molar-refractivity contribution in [2.24, 2.45) is 28.4 Å². The van der Waals surface area contributed by atoms with Crippen molar-refractivity contribution in [2.75, 3.05) is 12.4 Å². The van der Waals surface area contributed by atoms with Crippen LogP contribution < -0.4 is 15.8 Å². The normalized spacial score (nSPS) is 24.7. The van der Waals surface area contributed by atoms with E-state index < -0.39 is 5.92 Å². The molecule has 3 aliphatic rings. The summed E-state index contributed by atoms with van der Waals surface area (Å²) in [6, 6.07) is 23.3. The molecule has 3 aromatic carbocycles. The zero-order valence-corrected chi connectivity index (χ0v) is 22.3. The first-order chi connectivity index (χ1) is 18.8. The van der Waals surface area contributed by atoms with Gasteiger partial charge >= 0.3 is 0 Å². The number of fused-ring (bicyclic) bond motifs is 4. The van der Waals surface area contributed by atoms with Crippen molar-refractivity contribution in [3.8, 4) is 5.75 Å². The number of ketones is 1. The number of amidine groups is 1. The quantitative estimate of drug-likeness (QED) is 0.191. The van der Waals surface area contributed by atoms with Crippen LogP contribution in [0, 0.1) is 28.1 Å². The number of carbonyl (C=O) groups is 2. The zero-order chi connectivity index (χ0) is 27.2. The van der Waals surface area contributed by atoms with Crippen LogP contribution in [0.4, 0.5) is 5.69 Å². The van der Waals surface area contributed by atoms with E-state index in [9.17, 15) is 9.59 Å². The maximum absolute atomic E-state index is 13.9. The van der Waals surface area contributed by atoms with Gasteiger partial charge in [-0.05, 0) is 108 Å². The number of rotatable bonds is 10. The zero-order valence-electron chi connectivity index (χ0n) is 22.3. The number of amides is 1. The number of nitrogens with one attached hydrogen (secondary N) is 2. The number of benzene rings is 3. The molecule has 2 fully saturated rings. The van der Waals surface area contributed by atoms with Crippen LogP contribution in [0.5, 0.6) is 5.75 Å². The topological polar surface area (TPSA) is 105 Å². The second-order valence-electron chi connectivity index (χ2n) is 11.6. The van der Waals surface area contributed by atoms with Crippen molar-refractivity contribution in [1.29, 1.82) is 5.41 Å². The molecule has 200 valence electrons. The van der Waals surface area contributed by atoms with Crippen molar-refractivity contribution >= 4 is 23.2 Å². The lowest BCUT2D eigenvalue weighted by Crippen LogP contribution is -2.33. The Bertz CT molecular complexity index is 1430. The van der Waals surface area contributed by atoms with Gasteiger partial charge < -0.3 is 15.8 Å². The minimum Gasteiger partial charge on any atom is -0.497 e. The van der Waals surface area contributed by atoms with Crippen LogP contribution in [-0.4, -0.2) is 24.6 Å². The minimum absolute atomic E-state index is 0.0239. The molecule has 6 heteroatoms. The van der Waals surface area contributed by atoms with E-state index in [0.29, 0.717) is 36.4 Å². The van der Waals surface area contributed by atoms with Gasteiger partial charge in [0.1, 0.15) is 17.4 Å². The lowest BCUT2D eigenvalue weighted by atomic mass is 9.71. The van der Waals surface area contributed by atoms with Gasteiger partial charge in [0, 0.05) is 17.7 Å². The molecule has 3 aliphatic carbocycles. The number of anilines is 1. The first kappa shape index (κ1) is 25.4. The third kappa shape index (κ3) is 4.52. The van der Waals surface area contributed by atoms with Crippen molar-refractivity contribution in [3.63, 3.8) is 0 Å². The second kappa shape index (κ2) is 9.67. The van der Waals surface area contributed by atoms with Crippen LogP contribution in [0.25, 0.3) is 0 Å². The molecule has 0 aliphatic heterocycles. The van der Waals surface area contributed by atoms with Gasteiger partial charge in [0.15, 0.2) is 0 Å². The van der Waals surface area contributed by atoms with Gasteiger partial charge in [0.25, 0.3) is 0 Å². The molecular formula is C33H35N3O3. The highest BCUT2D eigenvalue weighted by molar-refractivity contribution is 6.08. The molecule has 1 spiro atoms. The molecule has 39 heavy (non-hydrogen) atoms. The lowest BCUT2D eigenvalue weighted by Gasteiger charge is -2.33. The molecule has 6 nitrogen and oxygen atoms in total. The number of hydrogen-bond donors (Lipinski definition) is 3. The number of nitrogen functional groups attached to an aromatic ring is 1. The van der Waals surface area contributed by atoms with Gasteiger partial charge in [0.05, 0.1) is 13.0 Å². The smallest absolute Gasteiger partial charge is 0.234 e. The van der Waals surface area contributed by atoms with Gasteiger partial charge in [-0.25, -0.2) is 0 Å². The molecule has 1 amide bonds. The van der Waals surface area contributed by atoms with Gasteiger partial charge in [-0.2, -0.15) is 0 Å². The summed E-state index contributed by atoms with van der Waals surface area (Å²) in [4.78, 5) is 27.4. The molecule has 2 saturated carbocycles. The fourth-order valence-electron chi connectivity index (χ4n) is 7.22. The predicted molar refractivity (Wildman–Crippen MR) is 152 cm³/mol. The molecule has 0 saturated heterocycles. The standard InChI is InChI=1S/C33H35N3O3/c1-39-26-13-10-22-15-16-32(18-24(22)17-26)29-20-33(29,32)19-28(37)27(14-7-21-5-3-2-4-6-21)31(38)36-25-11-8-23(9-12-25)30(34)35/h2-6,8-13,17,27,29H,7,14-16,18-20H2,1H3,(H3,34,35)(H,36,38). The monoisotopic (exact) mass is 521 g/mol. The number of Topliss-reactive ketones (excluding diaryl/α,β-unsaturated/α-hetero) is 1. The van der Waals surface area contributed by atoms with Gasteiger partial charge in [-0.15, -0.1) is 0 Å². The fourth-order valence-corrected chi connectivity index (χ4v) is 7.22. The highest BCUT2D eigenvalue weighted by Gasteiger charge is 2.87. The third-order valence-corrected chi connectivity index (χ3v) is 9.63. The van der Waals surface area contributed by atoms with Crippen molar-refractivity contribution in [2.45, 2.75) is 44.9 Å². The Labute approximate surface area is 229 Å². The van der Waals surface area contributed by atoms with Gasteiger partial charge in [-0.3, -0.25) is 15.0 Å². The highest BCUT2D eigenvalue weighted by Crippen LogP contribution is 2.92. The van der Waals surface area contributed by atoms with Crippen LogP contribution in [0.3, 0.4) is 0 Å². The molecule has 0 radical (unpaired) electrons. The molecule has 0 aromatic heterocycles. The van der Waals surface area contributed by atoms with Crippen LogP contribution >= 0.6 is 0 Å². The summed E-state index contributed by atoms with van der Waals surface area (Å²) in [5.41, 5.74) is 10.9. The predicted octanol–water partition coefficient (Wildman–Crippen LogP) is 5.32. The Hall–Kier alpha value is -3.93. The Balaban J connectivity index is 1.18. The number of carbonyl (C=O) groups excluding carboxylic acids is 2. The van der Waals surface area contributed by atoms with E-state index in [4.69, 9.17) is 15.9 Å². The van der Waals surface area contributed by atoms with Crippen LogP contribution in [0.15, 0.2) is 72.8 Å². The second-order valence-corrected chi connectivity index (χ2v) is 11.6. The van der Waals surface area contributed by atoms with E-state index in [1.54, 1.807) is 31.4 Å². The van der Waals surface area contributed by atoms with E-state index in [2.05, 4.69) is 17.4 Å². The fraction of sp³-hybridized carbons (Fsp3) is 0.364. The molecule has 3 aromatic rings. The van der Waals surface area contributed by atoms with E-state index in [-0.39, 0.29) is 28.4 Å². The van der Waals surface area contributed by atoms with Crippen LogP contribution in [0.2, 0.25) is 0 Å². The van der Waals surface area contributed by atoms with Crippen molar-refractivity contribution in [3.05, 3.63) is 95.1 Å². The number of methoxy groups -OCH3 is 1. The summed E-state index contributed by atoms with van der Waals surface area (Å²) in [5, 5.41) is 10.5. The SMILES string of the molecule is COc1ccc2c(c1)CC1(CC2)C2CC21CC(=O)C(CCc1ccccc1)C(=O)Nc1ccc(C(=N)N)cc1. The molecular weight excluding hydrogens is 486 g/mol. The van der Waals surface area contributed by atoms with Gasteiger partial charge in [0.2, 0.25) is 5.91 Å². The summed E-state index contributed by atoms with van der Waals surface area (Å²) in [6.07, 6.45) is 5.88. The maximum atomic E-state index is 13.9. The Morgan fingerprint density at radius 3 is 2.54 bits per heavy atom. The Morgan fingerprint density at radius 1 is 1.08 bits per heavy atom. The molecule has 0 heterocycles. The van der Waals surface area contributed by atoms with E-state index in [1.807, 2.05) is 36.4 Å². The molecule has 6 rings (SSSR count).